The second-order valence-corrected chi connectivity index (χ2v) is 8.69. The molecular weight excluding hydrogens is 372 g/mol. The molecule has 9 heteroatoms. The van der Waals surface area contributed by atoms with E-state index >= 15 is 0 Å². The molecule has 1 aromatic rings. The second-order valence-electron chi connectivity index (χ2n) is 6.79. The molecular formula is C18H26N2O6S. The van der Waals surface area contributed by atoms with Crippen LogP contribution < -0.4 is 19.1 Å². The van der Waals surface area contributed by atoms with E-state index in [0.717, 1.165) is 23.4 Å². The highest BCUT2D eigenvalue weighted by Crippen LogP contribution is 2.36. The number of rotatable bonds is 9. The first kappa shape index (κ1) is 19.8. The molecule has 1 N–H and O–H groups in total. The van der Waals surface area contributed by atoms with Crippen LogP contribution >= 0.6 is 0 Å². The largest absolute Gasteiger partial charge is 0.454 e. The van der Waals surface area contributed by atoms with Gasteiger partial charge in [-0.05, 0) is 31.4 Å². The van der Waals surface area contributed by atoms with Crippen molar-refractivity contribution < 1.29 is 27.4 Å². The zero-order valence-corrected chi connectivity index (χ0v) is 16.3. The molecule has 0 unspecified atom stereocenters. The number of nitrogens with zero attached hydrogens (tertiary/aromatic N) is 1. The van der Waals surface area contributed by atoms with Crippen LogP contribution in [0.2, 0.25) is 0 Å². The summed E-state index contributed by atoms with van der Waals surface area (Å²) in [6, 6.07) is 4.79. The van der Waals surface area contributed by atoms with Gasteiger partial charge in [0.2, 0.25) is 22.7 Å². The smallest absolute Gasteiger partial charge is 0.240 e. The minimum atomic E-state index is -3.63. The molecule has 27 heavy (non-hydrogen) atoms. The molecule has 1 saturated carbocycles. The average Bonchev–Trinajstić information content (AvgIpc) is 3.29. The van der Waals surface area contributed by atoms with E-state index in [-0.39, 0.29) is 19.2 Å². The number of sulfonamides is 1. The van der Waals surface area contributed by atoms with Gasteiger partial charge < -0.3 is 19.5 Å². The third kappa shape index (κ3) is 5.49. The van der Waals surface area contributed by atoms with Gasteiger partial charge in [-0.3, -0.25) is 9.10 Å². The van der Waals surface area contributed by atoms with E-state index in [0.29, 0.717) is 42.9 Å². The zero-order chi connectivity index (χ0) is 19.3. The first-order chi connectivity index (χ1) is 12.9. The molecule has 1 fully saturated rings. The topological polar surface area (TPSA) is 94.2 Å². The van der Waals surface area contributed by atoms with E-state index in [1.54, 1.807) is 18.2 Å². The number of fused-ring (bicyclic) bond motifs is 1. The Bertz CT molecular complexity index is 761. The maximum atomic E-state index is 12.2. The van der Waals surface area contributed by atoms with Crippen LogP contribution in [0.25, 0.3) is 0 Å². The fraction of sp³-hybridized carbons (Fsp3) is 0.611. The van der Waals surface area contributed by atoms with Crippen molar-refractivity contribution in [1.82, 2.24) is 5.32 Å². The monoisotopic (exact) mass is 398 g/mol. The van der Waals surface area contributed by atoms with E-state index < -0.39 is 10.0 Å². The number of carbonyl (C=O) groups is 1. The fourth-order valence-corrected chi connectivity index (χ4v) is 4.08. The van der Waals surface area contributed by atoms with Crippen molar-refractivity contribution in [3.63, 3.8) is 0 Å². The Kier molecular flexibility index (Phi) is 6.43. The average molecular weight is 398 g/mol. The van der Waals surface area contributed by atoms with Crippen LogP contribution in [-0.2, 0) is 19.6 Å². The molecule has 2 aliphatic rings. The minimum absolute atomic E-state index is 0.0983. The maximum Gasteiger partial charge on any atom is 0.240 e. The second kappa shape index (κ2) is 8.79. The Labute approximate surface area is 159 Å². The summed E-state index contributed by atoms with van der Waals surface area (Å²) in [5.41, 5.74) is 0.362. The van der Waals surface area contributed by atoms with Crippen molar-refractivity contribution >= 4 is 21.6 Å². The molecule has 1 aliphatic carbocycles. The number of carbonyl (C=O) groups excluding carboxylic acids is 1. The van der Waals surface area contributed by atoms with Crippen LogP contribution in [0.1, 0.15) is 32.1 Å². The van der Waals surface area contributed by atoms with Gasteiger partial charge in [-0.15, -0.1) is 0 Å². The zero-order valence-electron chi connectivity index (χ0n) is 15.5. The van der Waals surface area contributed by atoms with Gasteiger partial charge in [-0.2, -0.15) is 0 Å². The third-order valence-corrected chi connectivity index (χ3v) is 5.77. The van der Waals surface area contributed by atoms with Gasteiger partial charge >= 0.3 is 0 Å². The van der Waals surface area contributed by atoms with Crippen LogP contribution in [0, 0.1) is 0 Å². The lowest BCUT2D eigenvalue weighted by molar-refractivity contribution is -0.119. The van der Waals surface area contributed by atoms with Crippen molar-refractivity contribution in [2.45, 2.75) is 38.2 Å². The third-order valence-electron chi connectivity index (χ3n) is 4.63. The highest BCUT2D eigenvalue weighted by atomic mass is 32.2. The lowest BCUT2D eigenvalue weighted by atomic mass is 10.2. The first-order valence-corrected chi connectivity index (χ1v) is 11.0. The van der Waals surface area contributed by atoms with Crippen molar-refractivity contribution in [3.8, 4) is 11.5 Å². The predicted molar refractivity (Wildman–Crippen MR) is 101 cm³/mol. The van der Waals surface area contributed by atoms with Gasteiger partial charge in [0.15, 0.2) is 11.5 Å². The van der Waals surface area contributed by atoms with E-state index in [4.69, 9.17) is 14.2 Å². The van der Waals surface area contributed by atoms with Gasteiger partial charge in [-0.25, -0.2) is 8.42 Å². The van der Waals surface area contributed by atoms with Crippen LogP contribution in [-0.4, -0.2) is 53.2 Å². The Hall–Kier alpha value is -2.00. The highest BCUT2D eigenvalue weighted by molar-refractivity contribution is 7.92. The molecule has 0 radical (unpaired) electrons. The first-order valence-electron chi connectivity index (χ1n) is 9.19. The van der Waals surface area contributed by atoms with E-state index in [2.05, 4.69) is 5.32 Å². The maximum absolute atomic E-state index is 12.2. The molecule has 1 aliphatic heterocycles. The lowest BCUT2D eigenvalue weighted by Crippen LogP contribution is -2.40. The predicted octanol–water partition coefficient (Wildman–Crippen LogP) is 1.65. The van der Waals surface area contributed by atoms with Crippen molar-refractivity contribution in [2.75, 3.05) is 37.1 Å². The summed E-state index contributed by atoms with van der Waals surface area (Å²) in [7, 11) is -3.63. The van der Waals surface area contributed by atoms with Crippen molar-refractivity contribution in [1.29, 1.82) is 0 Å². The van der Waals surface area contributed by atoms with E-state index in [1.165, 1.54) is 12.8 Å². The minimum Gasteiger partial charge on any atom is -0.454 e. The van der Waals surface area contributed by atoms with Crippen LogP contribution in [0.3, 0.4) is 0 Å². The van der Waals surface area contributed by atoms with Gasteiger partial charge in [0, 0.05) is 19.2 Å². The molecule has 8 nitrogen and oxygen atoms in total. The van der Waals surface area contributed by atoms with Gasteiger partial charge in [0.25, 0.3) is 0 Å². The van der Waals surface area contributed by atoms with E-state index in [9.17, 15) is 13.2 Å². The van der Waals surface area contributed by atoms with Gasteiger partial charge in [0.05, 0.1) is 18.0 Å². The number of nitrogens with one attached hydrogen (secondary N) is 1. The fourth-order valence-electron chi connectivity index (χ4n) is 3.23. The molecule has 0 saturated heterocycles. The summed E-state index contributed by atoms with van der Waals surface area (Å²) < 4.78 is 41.6. The van der Waals surface area contributed by atoms with Crippen LogP contribution in [0.15, 0.2) is 18.2 Å². The summed E-state index contributed by atoms with van der Waals surface area (Å²) >= 11 is 0. The molecule has 0 bridgehead atoms. The normalized spacial score (nSPS) is 16.5. The molecule has 0 atom stereocenters. The number of anilines is 1. The molecule has 1 aromatic carbocycles. The van der Waals surface area contributed by atoms with Crippen LogP contribution in [0.4, 0.5) is 5.69 Å². The highest BCUT2D eigenvalue weighted by Gasteiger charge is 2.23. The number of hydrogen-bond donors (Lipinski definition) is 1. The van der Waals surface area contributed by atoms with Gasteiger partial charge in [0.1, 0.15) is 6.54 Å². The Morgan fingerprint density at radius 3 is 2.74 bits per heavy atom. The molecule has 0 spiro atoms. The Morgan fingerprint density at radius 1 is 1.26 bits per heavy atom. The molecule has 0 aromatic heterocycles. The number of ether oxygens (including phenoxy) is 3. The summed E-state index contributed by atoms with van der Waals surface area (Å²) in [5.74, 6) is 0.656. The molecule has 150 valence electrons. The van der Waals surface area contributed by atoms with Crippen LogP contribution in [0.5, 0.6) is 11.5 Å². The Balaban J connectivity index is 1.49. The lowest BCUT2D eigenvalue weighted by Gasteiger charge is -2.22. The van der Waals surface area contributed by atoms with Gasteiger partial charge in [-0.1, -0.05) is 12.8 Å². The summed E-state index contributed by atoms with van der Waals surface area (Å²) in [5, 5.41) is 2.75. The number of benzene rings is 1. The van der Waals surface area contributed by atoms with Crippen molar-refractivity contribution in [2.24, 2.45) is 0 Å². The summed E-state index contributed by atoms with van der Waals surface area (Å²) in [6.07, 6.45) is 6.81. The van der Waals surface area contributed by atoms with Crippen molar-refractivity contribution in [3.05, 3.63) is 18.2 Å². The molecule has 1 heterocycles. The Morgan fingerprint density at radius 2 is 2.00 bits per heavy atom. The standard InChI is InChI=1S/C18H26N2O6S/c1-27(22,23)20(14-7-8-16-17(11-14)26-13-25-16)12-18(21)19-9-4-10-24-15-5-2-3-6-15/h7-8,11,15H,2-6,9-10,12-13H2,1H3,(H,19,21). The van der Waals surface area contributed by atoms with E-state index in [1.807, 2.05) is 0 Å². The SMILES string of the molecule is CS(=O)(=O)N(CC(=O)NCCCOC1CCCC1)c1ccc2c(c1)OCO2. The molecule has 3 rings (SSSR count). The molecule has 1 amide bonds. The number of amides is 1. The summed E-state index contributed by atoms with van der Waals surface area (Å²) in [4.78, 5) is 12.2. The quantitative estimate of drug-likeness (QED) is 0.636. The number of hydrogen-bond acceptors (Lipinski definition) is 6. The summed E-state index contributed by atoms with van der Waals surface area (Å²) in [6.45, 7) is 0.857.